The van der Waals surface area contributed by atoms with Crippen LogP contribution in [0.3, 0.4) is 0 Å². The number of benzene rings is 1. The first-order valence-electron chi connectivity index (χ1n) is 7.15. The van der Waals surface area contributed by atoms with Crippen molar-refractivity contribution >= 4 is 38.8 Å². The number of amides is 1. The van der Waals surface area contributed by atoms with E-state index in [1.54, 1.807) is 19.9 Å². The minimum atomic E-state index is -0.840. The number of aryl methyl sites for hydroxylation is 1. The molecule has 1 aliphatic rings. The molecule has 1 heterocycles. The Labute approximate surface area is 136 Å². The summed E-state index contributed by atoms with van der Waals surface area (Å²) < 4.78 is 11.7. The molecule has 2 aromatic rings. The number of carbonyl (C=O) groups is 2. The number of halogens is 1. The number of furan rings is 1. The summed E-state index contributed by atoms with van der Waals surface area (Å²) in [6.07, 6.45) is 1.14. The first kappa shape index (κ1) is 15.1. The van der Waals surface area contributed by atoms with E-state index in [2.05, 4.69) is 21.2 Å². The van der Waals surface area contributed by atoms with Crippen molar-refractivity contribution in [3.05, 3.63) is 34.0 Å². The summed E-state index contributed by atoms with van der Waals surface area (Å²) in [7, 11) is 0. The van der Waals surface area contributed by atoms with Gasteiger partial charge in [0.05, 0.1) is 0 Å². The lowest BCUT2D eigenvalue weighted by molar-refractivity contribution is -0.129. The topological polar surface area (TPSA) is 68.5 Å². The van der Waals surface area contributed by atoms with Gasteiger partial charge in [0, 0.05) is 21.5 Å². The fourth-order valence-electron chi connectivity index (χ4n) is 2.20. The van der Waals surface area contributed by atoms with Crippen molar-refractivity contribution in [1.82, 2.24) is 5.32 Å². The third kappa shape index (κ3) is 3.02. The van der Waals surface area contributed by atoms with E-state index in [1.807, 2.05) is 12.1 Å². The molecule has 22 heavy (non-hydrogen) atoms. The van der Waals surface area contributed by atoms with E-state index in [0.717, 1.165) is 22.7 Å². The summed E-state index contributed by atoms with van der Waals surface area (Å²) in [5.41, 5.74) is 1.32. The third-order valence-electron chi connectivity index (χ3n) is 3.66. The Bertz CT molecular complexity index is 748. The largest absolute Gasteiger partial charge is 0.449 e. The predicted molar refractivity (Wildman–Crippen MR) is 84.7 cm³/mol. The lowest BCUT2D eigenvalue weighted by Crippen LogP contribution is -2.37. The van der Waals surface area contributed by atoms with Crippen LogP contribution in [0.2, 0.25) is 0 Å². The van der Waals surface area contributed by atoms with Crippen molar-refractivity contribution in [3.8, 4) is 0 Å². The van der Waals surface area contributed by atoms with Gasteiger partial charge in [0.25, 0.3) is 5.91 Å². The molecular weight excluding hydrogens is 350 g/mol. The van der Waals surface area contributed by atoms with Gasteiger partial charge in [0.15, 0.2) is 6.10 Å². The smallest absolute Gasteiger partial charge is 0.375 e. The number of fused-ring (bicyclic) bond motifs is 1. The van der Waals surface area contributed by atoms with Crippen LogP contribution in [0, 0.1) is 6.92 Å². The molecule has 1 aromatic heterocycles. The summed E-state index contributed by atoms with van der Waals surface area (Å²) in [4.78, 5) is 24.1. The zero-order valence-corrected chi connectivity index (χ0v) is 13.9. The second kappa shape index (κ2) is 5.76. The van der Waals surface area contributed by atoms with Crippen molar-refractivity contribution in [3.63, 3.8) is 0 Å². The summed E-state index contributed by atoms with van der Waals surface area (Å²) in [5, 5.41) is 3.65. The van der Waals surface area contributed by atoms with Crippen molar-refractivity contribution in [2.45, 2.75) is 38.8 Å². The fraction of sp³-hybridized carbons (Fsp3) is 0.375. The van der Waals surface area contributed by atoms with E-state index in [1.165, 1.54) is 0 Å². The van der Waals surface area contributed by atoms with E-state index >= 15 is 0 Å². The van der Waals surface area contributed by atoms with Gasteiger partial charge in [0.2, 0.25) is 5.76 Å². The lowest BCUT2D eigenvalue weighted by Gasteiger charge is -2.12. The van der Waals surface area contributed by atoms with Crippen LogP contribution in [-0.4, -0.2) is 24.0 Å². The first-order valence-corrected chi connectivity index (χ1v) is 7.95. The molecule has 3 rings (SSSR count). The number of ether oxygens (including phenoxy) is 1. The Balaban J connectivity index is 1.76. The van der Waals surface area contributed by atoms with E-state index in [-0.39, 0.29) is 17.7 Å². The molecule has 0 radical (unpaired) electrons. The van der Waals surface area contributed by atoms with Crippen LogP contribution in [0.1, 0.15) is 35.9 Å². The van der Waals surface area contributed by atoms with Crippen LogP contribution >= 0.6 is 15.9 Å². The Kier molecular flexibility index (Phi) is 3.95. The van der Waals surface area contributed by atoms with Gasteiger partial charge in [-0.15, -0.1) is 0 Å². The van der Waals surface area contributed by atoms with Gasteiger partial charge in [0.1, 0.15) is 5.58 Å². The molecule has 1 aromatic carbocycles. The standard InChI is InChI=1S/C16H16BrNO4/c1-8-12-7-10(17)3-6-13(12)22-14(8)16(20)21-9(2)15(19)18-11-4-5-11/h3,6-7,9,11H,4-5H2,1-2H3,(H,18,19). The van der Waals surface area contributed by atoms with Gasteiger partial charge in [-0.2, -0.15) is 0 Å². The van der Waals surface area contributed by atoms with Crippen LogP contribution in [0.25, 0.3) is 11.0 Å². The molecule has 0 aliphatic heterocycles. The molecule has 1 aliphatic carbocycles. The predicted octanol–water partition coefficient (Wildman–Crippen LogP) is 3.33. The normalized spacial score (nSPS) is 15.6. The van der Waals surface area contributed by atoms with Crippen LogP contribution in [0.15, 0.2) is 27.1 Å². The van der Waals surface area contributed by atoms with E-state index in [0.29, 0.717) is 11.1 Å². The first-order chi connectivity index (χ1) is 10.5. The van der Waals surface area contributed by atoms with Gasteiger partial charge in [-0.1, -0.05) is 15.9 Å². The molecule has 6 heteroatoms. The second-order valence-corrected chi connectivity index (χ2v) is 6.44. The van der Waals surface area contributed by atoms with Crippen molar-refractivity contribution in [2.75, 3.05) is 0 Å². The Hall–Kier alpha value is -1.82. The molecule has 116 valence electrons. The molecule has 1 N–H and O–H groups in total. The average Bonchev–Trinajstić information content (AvgIpc) is 3.23. The van der Waals surface area contributed by atoms with E-state index in [4.69, 9.17) is 9.15 Å². The van der Waals surface area contributed by atoms with Crippen LogP contribution in [0.5, 0.6) is 0 Å². The maximum atomic E-state index is 12.2. The second-order valence-electron chi connectivity index (χ2n) is 5.53. The minimum Gasteiger partial charge on any atom is -0.449 e. The van der Waals surface area contributed by atoms with E-state index < -0.39 is 12.1 Å². The van der Waals surface area contributed by atoms with Gasteiger partial charge in [-0.25, -0.2) is 4.79 Å². The highest BCUT2D eigenvalue weighted by molar-refractivity contribution is 9.10. The van der Waals surface area contributed by atoms with Gasteiger partial charge in [-0.3, -0.25) is 4.79 Å². The van der Waals surface area contributed by atoms with Gasteiger partial charge in [-0.05, 0) is 44.9 Å². The highest BCUT2D eigenvalue weighted by Crippen LogP contribution is 2.28. The summed E-state index contributed by atoms with van der Waals surface area (Å²) in [5.74, 6) is -0.755. The number of hydrogen-bond donors (Lipinski definition) is 1. The summed E-state index contributed by atoms with van der Waals surface area (Å²) in [6, 6.07) is 5.74. The fourth-order valence-corrected chi connectivity index (χ4v) is 2.56. The molecule has 1 atom stereocenters. The number of esters is 1. The van der Waals surface area contributed by atoms with E-state index in [9.17, 15) is 9.59 Å². The minimum absolute atomic E-state index is 0.138. The molecule has 1 saturated carbocycles. The molecule has 1 amide bonds. The maximum Gasteiger partial charge on any atom is 0.375 e. The number of nitrogens with one attached hydrogen (secondary N) is 1. The molecule has 0 bridgehead atoms. The molecule has 0 saturated heterocycles. The number of hydrogen-bond acceptors (Lipinski definition) is 4. The van der Waals surface area contributed by atoms with Crippen molar-refractivity contribution < 1.29 is 18.7 Å². The molecule has 0 spiro atoms. The quantitative estimate of drug-likeness (QED) is 0.843. The molecule has 5 nitrogen and oxygen atoms in total. The van der Waals surface area contributed by atoms with Crippen LogP contribution in [-0.2, 0) is 9.53 Å². The van der Waals surface area contributed by atoms with Crippen LogP contribution in [0.4, 0.5) is 0 Å². The molecule has 1 fully saturated rings. The summed E-state index contributed by atoms with van der Waals surface area (Å²) in [6.45, 7) is 3.36. The molecular formula is C16H16BrNO4. The number of rotatable bonds is 4. The van der Waals surface area contributed by atoms with Gasteiger partial charge >= 0.3 is 5.97 Å². The number of carbonyl (C=O) groups excluding carboxylic acids is 2. The maximum absolute atomic E-state index is 12.2. The Morgan fingerprint density at radius 2 is 2.14 bits per heavy atom. The van der Waals surface area contributed by atoms with Crippen LogP contribution < -0.4 is 5.32 Å². The average molecular weight is 366 g/mol. The Morgan fingerprint density at radius 1 is 1.41 bits per heavy atom. The van der Waals surface area contributed by atoms with Gasteiger partial charge < -0.3 is 14.5 Å². The zero-order valence-electron chi connectivity index (χ0n) is 12.3. The Morgan fingerprint density at radius 3 is 2.82 bits per heavy atom. The third-order valence-corrected chi connectivity index (χ3v) is 4.15. The molecule has 1 unspecified atom stereocenters. The SMILES string of the molecule is Cc1c(C(=O)OC(C)C(=O)NC2CC2)oc2ccc(Br)cc12. The zero-order chi connectivity index (χ0) is 15.9. The van der Waals surface area contributed by atoms with Crippen molar-refractivity contribution in [1.29, 1.82) is 0 Å². The summed E-state index contributed by atoms with van der Waals surface area (Å²) >= 11 is 3.39. The monoisotopic (exact) mass is 365 g/mol. The highest BCUT2D eigenvalue weighted by Gasteiger charge is 2.28. The highest BCUT2D eigenvalue weighted by atomic mass is 79.9. The van der Waals surface area contributed by atoms with Crippen molar-refractivity contribution in [2.24, 2.45) is 0 Å². The lowest BCUT2D eigenvalue weighted by atomic mass is 10.1.